The van der Waals surface area contributed by atoms with E-state index in [-0.39, 0.29) is 5.39 Å². The second-order valence-corrected chi connectivity index (χ2v) is 7.81. The molecule has 0 atom stereocenters. The summed E-state index contributed by atoms with van der Waals surface area (Å²) in [5.41, 5.74) is 5.74. The summed E-state index contributed by atoms with van der Waals surface area (Å²) in [5, 5.41) is 0.915. The first-order chi connectivity index (χ1) is 15.1. The summed E-state index contributed by atoms with van der Waals surface area (Å²) in [6, 6.07) is 25.0. The molecule has 0 aromatic heterocycles. The fourth-order valence-electron chi connectivity index (χ4n) is 3.69. The highest BCUT2D eigenvalue weighted by Gasteiger charge is 2.06. The Balaban J connectivity index is 1.40. The molecule has 0 heterocycles. The van der Waals surface area contributed by atoms with Crippen LogP contribution in [0.3, 0.4) is 0 Å². The van der Waals surface area contributed by atoms with Gasteiger partial charge in [-0.1, -0.05) is 73.7 Å². The maximum Gasteiger partial charge on any atom is 0.166 e. The number of aryl methyl sites for hydroxylation is 3. The largest absolute Gasteiger partial charge is 0.204 e. The number of hydrogen-bond donors (Lipinski definition) is 0. The molecule has 0 radical (unpaired) electrons. The fraction of sp³-hybridized carbons (Fsp3) is 0.172. The van der Waals surface area contributed by atoms with E-state index >= 15 is 0 Å². The molecule has 4 aromatic carbocycles. The molecule has 0 aliphatic heterocycles. The molecule has 4 rings (SSSR count). The van der Waals surface area contributed by atoms with Gasteiger partial charge in [-0.2, -0.15) is 0 Å². The Kier molecular flexibility index (Phi) is 6.43. The highest BCUT2D eigenvalue weighted by Crippen LogP contribution is 2.21. The van der Waals surface area contributed by atoms with Gasteiger partial charge < -0.3 is 0 Å². The quantitative estimate of drug-likeness (QED) is 0.304. The van der Waals surface area contributed by atoms with Crippen molar-refractivity contribution < 1.29 is 8.78 Å². The van der Waals surface area contributed by atoms with E-state index in [1.54, 1.807) is 24.3 Å². The van der Waals surface area contributed by atoms with Crippen LogP contribution in [0.25, 0.3) is 10.8 Å². The Labute approximate surface area is 182 Å². The average Bonchev–Trinajstić information content (AvgIpc) is 2.80. The SMILES string of the molecule is CCCc1ccc(CCc2ccc(C#Cc3ccc4c(F)c(F)ccc4c3)cc2)cc1. The monoisotopic (exact) mass is 410 g/mol. The Morgan fingerprint density at radius 3 is 1.81 bits per heavy atom. The van der Waals surface area contributed by atoms with Crippen LogP contribution in [-0.4, -0.2) is 0 Å². The van der Waals surface area contributed by atoms with Gasteiger partial charge >= 0.3 is 0 Å². The number of rotatable bonds is 5. The Morgan fingerprint density at radius 1 is 0.613 bits per heavy atom. The lowest BCUT2D eigenvalue weighted by Gasteiger charge is -2.04. The minimum Gasteiger partial charge on any atom is -0.204 e. The standard InChI is InChI=1S/C29H24F2/c1-2-3-21-4-6-22(7-5-21)8-9-23-10-12-24(13-11-23)14-15-25-16-18-27-26(20-25)17-19-28(30)29(27)31/h4-7,10-13,16-20H,2-3,8-9H2,1H3. The lowest BCUT2D eigenvalue weighted by molar-refractivity contribution is 0.517. The molecule has 0 spiro atoms. The predicted octanol–water partition coefficient (Wildman–Crippen LogP) is 7.26. The van der Waals surface area contributed by atoms with Gasteiger partial charge in [0.05, 0.1) is 0 Å². The van der Waals surface area contributed by atoms with Crippen molar-refractivity contribution in [3.8, 4) is 11.8 Å². The average molecular weight is 411 g/mol. The molecule has 31 heavy (non-hydrogen) atoms. The van der Waals surface area contributed by atoms with Crippen LogP contribution < -0.4 is 0 Å². The number of hydrogen-bond acceptors (Lipinski definition) is 0. The molecule has 0 bridgehead atoms. The third-order valence-electron chi connectivity index (χ3n) is 5.48. The maximum absolute atomic E-state index is 13.8. The Morgan fingerprint density at radius 2 is 1.16 bits per heavy atom. The highest BCUT2D eigenvalue weighted by molar-refractivity contribution is 5.84. The summed E-state index contributed by atoms with van der Waals surface area (Å²) in [4.78, 5) is 0. The summed E-state index contributed by atoms with van der Waals surface area (Å²) in [7, 11) is 0. The zero-order valence-electron chi connectivity index (χ0n) is 17.6. The summed E-state index contributed by atoms with van der Waals surface area (Å²) in [6.45, 7) is 2.20. The van der Waals surface area contributed by atoms with Crippen LogP contribution in [0.5, 0.6) is 0 Å². The fourth-order valence-corrected chi connectivity index (χ4v) is 3.69. The van der Waals surface area contributed by atoms with Crippen LogP contribution in [0.4, 0.5) is 8.78 Å². The van der Waals surface area contributed by atoms with Gasteiger partial charge in [0, 0.05) is 16.5 Å². The minimum absolute atomic E-state index is 0.273. The van der Waals surface area contributed by atoms with E-state index in [1.807, 2.05) is 12.1 Å². The zero-order chi connectivity index (χ0) is 21.6. The molecule has 0 nitrogen and oxygen atoms in total. The van der Waals surface area contributed by atoms with Crippen LogP contribution in [0.2, 0.25) is 0 Å². The topological polar surface area (TPSA) is 0 Å². The van der Waals surface area contributed by atoms with Crippen LogP contribution in [0, 0.1) is 23.5 Å². The van der Waals surface area contributed by atoms with Gasteiger partial charge in [0.2, 0.25) is 0 Å². The lowest BCUT2D eigenvalue weighted by Crippen LogP contribution is -1.92. The van der Waals surface area contributed by atoms with E-state index in [4.69, 9.17) is 0 Å². The van der Waals surface area contributed by atoms with Crippen molar-refractivity contribution in [2.75, 3.05) is 0 Å². The predicted molar refractivity (Wildman–Crippen MR) is 124 cm³/mol. The van der Waals surface area contributed by atoms with E-state index in [0.717, 1.165) is 36.5 Å². The number of fused-ring (bicyclic) bond motifs is 1. The molecule has 0 unspecified atom stereocenters. The van der Waals surface area contributed by atoms with E-state index in [9.17, 15) is 8.78 Å². The third kappa shape index (κ3) is 5.19. The van der Waals surface area contributed by atoms with Crippen LogP contribution in [-0.2, 0) is 19.3 Å². The van der Waals surface area contributed by atoms with E-state index < -0.39 is 11.6 Å². The summed E-state index contributed by atoms with van der Waals surface area (Å²) < 4.78 is 27.2. The molecule has 0 fully saturated rings. The van der Waals surface area contributed by atoms with Crippen LogP contribution >= 0.6 is 0 Å². The minimum atomic E-state index is -0.833. The molecule has 4 aromatic rings. The summed E-state index contributed by atoms with van der Waals surface area (Å²) in [5.74, 6) is 4.62. The van der Waals surface area contributed by atoms with Crippen molar-refractivity contribution in [3.05, 3.63) is 118 Å². The Bertz CT molecular complexity index is 1240. The first kappa shape index (κ1) is 20.8. The molecule has 0 amide bonds. The first-order valence-electron chi connectivity index (χ1n) is 10.7. The number of benzene rings is 4. The molecule has 0 saturated heterocycles. The van der Waals surface area contributed by atoms with Crippen molar-refractivity contribution in [2.24, 2.45) is 0 Å². The smallest absolute Gasteiger partial charge is 0.166 e. The molecule has 0 aliphatic rings. The van der Waals surface area contributed by atoms with E-state index in [2.05, 4.69) is 55.2 Å². The summed E-state index contributed by atoms with van der Waals surface area (Å²) >= 11 is 0. The first-order valence-corrected chi connectivity index (χ1v) is 10.7. The van der Waals surface area contributed by atoms with Gasteiger partial charge in [0.15, 0.2) is 11.6 Å². The van der Waals surface area contributed by atoms with Crippen molar-refractivity contribution in [1.29, 1.82) is 0 Å². The van der Waals surface area contributed by atoms with Crippen LogP contribution in [0.15, 0.2) is 78.9 Å². The highest BCUT2D eigenvalue weighted by atomic mass is 19.2. The molecular formula is C29H24F2. The Hall–Kier alpha value is -3.44. The van der Waals surface area contributed by atoms with E-state index in [1.165, 1.54) is 23.1 Å². The van der Waals surface area contributed by atoms with Crippen molar-refractivity contribution in [1.82, 2.24) is 0 Å². The van der Waals surface area contributed by atoms with Gasteiger partial charge in [-0.3, -0.25) is 0 Å². The number of halogens is 2. The molecule has 2 heteroatoms. The van der Waals surface area contributed by atoms with Crippen molar-refractivity contribution in [3.63, 3.8) is 0 Å². The maximum atomic E-state index is 13.8. The van der Waals surface area contributed by atoms with Crippen molar-refractivity contribution in [2.45, 2.75) is 32.6 Å². The van der Waals surface area contributed by atoms with Crippen molar-refractivity contribution >= 4 is 10.8 Å². The molecular weight excluding hydrogens is 386 g/mol. The molecule has 0 aliphatic carbocycles. The van der Waals surface area contributed by atoms with Gasteiger partial charge in [0.25, 0.3) is 0 Å². The van der Waals surface area contributed by atoms with Crippen LogP contribution in [0.1, 0.15) is 41.2 Å². The molecule has 0 N–H and O–H groups in total. The van der Waals surface area contributed by atoms with Gasteiger partial charge in [-0.25, -0.2) is 8.78 Å². The second kappa shape index (κ2) is 9.58. The molecule has 154 valence electrons. The zero-order valence-corrected chi connectivity index (χ0v) is 17.6. The molecule has 0 saturated carbocycles. The normalized spacial score (nSPS) is 10.7. The van der Waals surface area contributed by atoms with Gasteiger partial charge in [-0.05, 0) is 71.7 Å². The van der Waals surface area contributed by atoms with Gasteiger partial charge in [-0.15, -0.1) is 0 Å². The summed E-state index contributed by atoms with van der Waals surface area (Å²) in [6.07, 6.45) is 4.32. The second-order valence-electron chi connectivity index (χ2n) is 7.81. The lowest BCUT2D eigenvalue weighted by atomic mass is 10.0. The third-order valence-corrected chi connectivity index (χ3v) is 5.48. The van der Waals surface area contributed by atoms with Gasteiger partial charge in [0.1, 0.15) is 0 Å². The van der Waals surface area contributed by atoms with E-state index in [0.29, 0.717) is 5.39 Å².